The Balaban J connectivity index is 1.94. The number of hydrogen-bond donors (Lipinski definition) is 2. The molecule has 0 bridgehead atoms. The first-order valence-corrected chi connectivity index (χ1v) is 8.98. The largest absolute Gasteiger partial charge is 0.326 e. The average Bonchev–Trinajstić information content (AvgIpc) is 2.56. The summed E-state index contributed by atoms with van der Waals surface area (Å²) >= 11 is 0. The highest BCUT2D eigenvalue weighted by atomic mass is 32.2. The number of nitrogens with one attached hydrogen (secondary N) is 2. The number of sulfonamides is 1. The molecule has 0 aliphatic rings. The summed E-state index contributed by atoms with van der Waals surface area (Å²) in [4.78, 5) is 22.2. The fourth-order valence-corrected chi connectivity index (χ4v) is 3.20. The van der Waals surface area contributed by atoms with Crippen molar-refractivity contribution < 1.29 is 22.5 Å². The third-order valence-electron chi connectivity index (χ3n) is 3.54. The topological polar surface area (TPSA) is 118 Å². The lowest BCUT2D eigenvalue weighted by atomic mass is 10.1. The zero-order valence-electron chi connectivity index (χ0n) is 13.7. The van der Waals surface area contributed by atoms with Gasteiger partial charge >= 0.3 is 0 Å². The highest BCUT2D eigenvalue weighted by Gasteiger charge is 2.16. The molecular weight excluding hydrogens is 365 g/mol. The van der Waals surface area contributed by atoms with Crippen molar-refractivity contribution >= 4 is 27.3 Å². The van der Waals surface area contributed by atoms with Crippen LogP contribution in [0, 0.1) is 22.9 Å². The molecule has 0 saturated carbocycles. The summed E-state index contributed by atoms with van der Waals surface area (Å²) in [5.74, 6) is -1.06. The first kappa shape index (κ1) is 19.5. The molecule has 0 aromatic heterocycles. The summed E-state index contributed by atoms with van der Waals surface area (Å²) in [6, 6.07) is 8.55. The minimum atomic E-state index is -3.86. The maximum atomic E-state index is 12.8. The van der Waals surface area contributed by atoms with Gasteiger partial charge in [0.05, 0.1) is 21.1 Å². The Kier molecular flexibility index (Phi) is 6.01. The maximum Gasteiger partial charge on any atom is 0.274 e. The molecule has 8 nitrogen and oxygen atoms in total. The van der Waals surface area contributed by atoms with E-state index < -0.39 is 26.7 Å². The molecule has 1 amide bonds. The van der Waals surface area contributed by atoms with Crippen molar-refractivity contribution in [3.8, 4) is 0 Å². The first-order chi connectivity index (χ1) is 12.2. The van der Waals surface area contributed by atoms with Crippen molar-refractivity contribution in [2.75, 3.05) is 11.9 Å². The molecule has 0 atom stereocenters. The van der Waals surface area contributed by atoms with E-state index in [9.17, 15) is 27.7 Å². The summed E-state index contributed by atoms with van der Waals surface area (Å²) in [6.45, 7) is 1.32. The Bertz CT molecular complexity index is 929. The van der Waals surface area contributed by atoms with E-state index in [2.05, 4.69) is 10.0 Å². The summed E-state index contributed by atoms with van der Waals surface area (Å²) < 4.78 is 39.1. The predicted molar refractivity (Wildman–Crippen MR) is 92.7 cm³/mol. The number of anilines is 1. The van der Waals surface area contributed by atoms with Gasteiger partial charge in [-0.2, -0.15) is 0 Å². The molecule has 2 N–H and O–H groups in total. The molecule has 0 radical (unpaired) electrons. The van der Waals surface area contributed by atoms with Crippen molar-refractivity contribution in [2.24, 2.45) is 0 Å². The van der Waals surface area contributed by atoms with Gasteiger partial charge in [0.25, 0.3) is 5.69 Å². The van der Waals surface area contributed by atoms with E-state index in [-0.39, 0.29) is 29.2 Å². The highest BCUT2D eigenvalue weighted by molar-refractivity contribution is 7.89. The van der Waals surface area contributed by atoms with Crippen LogP contribution in [0.1, 0.15) is 12.0 Å². The minimum absolute atomic E-state index is 0.117. The molecule has 0 spiro atoms. The van der Waals surface area contributed by atoms with Gasteiger partial charge in [-0.05, 0) is 37.3 Å². The molecule has 0 heterocycles. The van der Waals surface area contributed by atoms with Gasteiger partial charge in [0.15, 0.2) is 0 Å². The van der Waals surface area contributed by atoms with Gasteiger partial charge in [-0.15, -0.1) is 0 Å². The second-order valence-corrected chi connectivity index (χ2v) is 7.12. The number of halogens is 1. The number of nitro groups is 1. The number of benzene rings is 2. The van der Waals surface area contributed by atoms with Crippen LogP contribution in [0.25, 0.3) is 0 Å². The van der Waals surface area contributed by atoms with E-state index in [1.54, 1.807) is 0 Å². The van der Waals surface area contributed by atoms with Crippen molar-refractivity contribution in [1.82, 2.24) is 4.72 Å². The molecule has 0 fully saturated rings. The quantitative estimate of drug-likeness (QED) is 0.564. The second kappa shape index (κ2) is 8.02. The van der Waals surface area contributed by atoms with Gasteiger partial charge in [-0.25, -0.2) is 17.5 Å². The zero-order chi connectivity index (χ0) is 19.3. The van der Waals surface area contributed by atoms with Crippen LogP contribution in [0.4, 0.5) is 15.8 Å². The third-order valence-corrected chi connectivity index (χ3v) is 5.02. The van der Waals surface area contributed by atoms with Gasteiger partial charge in [0, 0.05) is 19.0 Å². The predicted octanol–water partition coefficient (Wildman–Crippen LogP) is 2.35. The van der Waals surface area contributed by atoms with Gasteiger partial charge in [0.2, 0.25) is 15.9 Å². The number of hydrogen-bond acceptors (Lipinski definition) is 5. The summed E-state index contributed by atoms with van der Waals surface area (Å²) in [7, 11) is -3.86. The van der Waals surface area contributed by atoms with Crippen LogP contribution in [0.5, 0.6) is 0 Å². The maximum absolute atomic E-state index is 12.8. The molecule has 0 aliphatic heterocycles. The highest BCUT2D eigenvalue weighted by Crippen LogP contribution is 2.25. The molecule has 2 rings (SSSR count). The van der Waals surface area contributed by atoms with E-state index in [0.717, 1.165) is 24.3 Å². The average molecular weight is 381 g/mol. The van der Waals surface area contributed by atoms with Gasteiger partial charge in [-0.1, -0.05) is 6.07 Å². The number of nitro benzene ring substituents is 1. The minimum Gasteiger partial charge on any atom is -0.326 e. The second-order valence-electron chi connectivity index (χ2n) is 5.36. The molecule has 138 valence electrons. The van der Waals surface area contributed by atoms with Crippen molar-refractivity contribution in [3.05, 3.63) is 64.0 Å². The van der Waals surface area contributed by atoms with E-state index in [1.165, 1.54) is 25.1 Å². The van der Waals surface area contributed by atoms with Crippen LogP contribution in [-0.4, -0.2) is 25.8 Å². The molecule has 0 saturated heterocycles. The fraction of sp³-hybridized carbons (Fsp3) is 0.188. The van der Waals surface area contributed by atoms with Crippen LogP contribution < -0.4 is 10.0 Å². The number of rotatable bonds is 7. The van der Waals surface area contributed by atoms with Crippen LogP contribution in [0.2, 0.25) is 0 Å². The zero-order valence-corrected chi connectivity index (χ0v) is 14.5. The lowest BCUT2D eigenvalue weighted by Gasteiger charge is -2.09. The van der Waals surface area contributed by atoms with Crippen LogP contribution in [0.3, 0.4) is 0 Å². The van der Waals surface area contributed by atoms with Gasteiger partial charge in [-0.3, -0.25) is 14.9 Å². The Morgan fingerprint density at radius 2 is 1.85 bits per heavy atom. The standard InChI is InChI=1S/C16H16FN3O5S/c1-11-14(3-2-4-15(11)20(22)23)19-16(21)9-10-18-26(24,25)13-7-5-12(17)6-8-13/h2-8,18H,9-10H2,1H3,(H,19,21). The Labute approximate surface area is 149 Å². The van der Waals surface area contributed by atoms with Crippen molar-refractivity contribution in [2.45, 2.75) is 18.2 Å². The number of carbonyl (C=O) groups excluding carboxylic acids is 1. The smallest absolute Gasteiger partial charge is 0.274 e. The Morgan fingerprint density at radius 3 is 2.46 bits per heavy atom. The summed E-state index contributed by atoms with van der Waals surface area (Å²) in [5, 5.41) is 13.4. The van der Waals surface area contributed by atoms with E-state index in [4.69, 9.17) is 0 Å². The molecular formula is C16H16FN3O5S. The van der Waals surface area contributed by atoms with E-state index in [0.29, 0.717) is 5.56 Å². The Morgan fingerprint density at radius 1 is 1.19 bits per heavy atom. The number of carbonyl (C=O) groups is 1. The van der Waals surface area contributed by atoms with Crippen LogP contribution in [0.15, 0.2) is 47.4 Å². The van der Waals surface area contributed by atoms with Crippen LogP contribution in [-0.2, 0) is 14.8 Å². The van der Waals surface area contributed by atoms with Crippen LogP contribution >= 0.6 is 0 Å². The number of nitrogens with zero attached hydrogens (tertiary/aromatic N) is 1. The Hall–Kier alpha value is -2.85. The van der Waals surface area contributed by atoms with Gasteiger partial charge < -0.3 is 5.32 Å². The van der Waals surface area contributed by atoms with Gasteiger partial charge in [0.1, 0.15) is 5.82 Å². The molecule has 0 aliphatic carbocycles. The summed E-state index contributed by atoms with van der Waals surface area (Å²) in [5.41, 5.74) is 0.461. The van der Waals surface area contributed by atoms with E-state index in [1.807, 2.05) is 0 Å². The number of amides is 1. The normalized spacial score (nSPS) is 11.2. The first-order valence-electron chi connectivity index (χ1n) is 7.50. The molecule has 2 aromatic carbocycles. The van der Waals surface area contributed by atoms with E-state index >= 15 is 0 Å². The third kappa shape index (κ3) is 4.83. The molecule has 10 heteroatoms. The SMILES string of the molecule is Cc1c(NC(=O)CCNS(=O)(=O)c2ccc(F)cc2)cccc1[N+](=O)[O-]. The lowest BCUT2D eigenvalue weighted by molar-refractivity contribution is -0.385. The molecule has 26 heavy (non-hydrogen) atoms. The van der Waals surface area contributed by atoms with Crippen molar-refractivity contribution in [3.63, 3.8) is 0 Å². The van der Waals surface area contributed by atoms with Crippen molar-refractivity contribution in [1.29, 1.82) is 0 Å². The molecule has 0 unspecified atom stereocenters. The molecule has 2 aromatic rings. The lowest BCUT2D eigenvalue weighted by Crippen LogP contribution is -2.28. The summed E-state index contributed by atoms with van der Waals surface area (Å²) in [6.07, 6.45) is -0.178. The fourth-order valence-electron chi connectivity index (χ4n) is 2.17. The monoisotopic (exact) mass is 381 g/mol.